The summed E-state index contributed by atoms with van der Waals surface area (Å²) in [4.78, 5) is 3.82. The molecule has 0 fully saturated rings. The van der Waals surface area contributed by atoms with E-state index >= 15 is 0 Å². The molecule has 2 nitrogen and oxygen atoms in total. The zero-order valence-corrected chi connectivity index (χ0v) is 3.89. The molecule has 0 aromatic carbocycles. The van der Waals surface area contributed by atoms with Gasteiger partial charge >= 0.3 is 0 Å². The monoisotopic (exact) mass is 94.1 g/mol. The Balaban J connectivity index is 2.66. The van der Waals surface area contributed by atoms with Gasteiger partial charge in [0.25, 0.3) is 0 Å². The second kappa shape index (κ2) is 1.69. The Morgan fingerprint density at radius 1 is 1.71 bits per heavy atom. The van der Waals surface area contributed by atoms with Crippen LogP contribution in [0.5, 0.6) is 0 Å². The number of hydrogen-bond acceptors (Lipinski definition) is 2. The van der Waals surface area contributed by atoms with Gasteiger partial charge < -0.3 is 5.41 Å². The lowest BCUT2D eigenvalue weighted by Crippen LogP contribution is -1.99. The number of allylic oxidation sites excluding steroid dienone is 1. The molecular formula is C5H6N2. The molecule has 0 atom stereocenters. The molecule has 0 aliphatic carbocycles. The van der Waals surface area contributed by atoms with Gasteiger partial charge in [-0.05, 0) is 12.2 Å². The minimum absolute atomic E-state index is 0.552. The van der Waals surface area contributed by atoms with E-state index in [9.17, 15) is 0 Å². The van der Waals surface area contributed by atoms with Crippen molar-refractivity contribution in [3.8, 4) is 0 Å². The van der Waals surface area contributed by atoms with Crippen LogP contribution in [0.25, 0.3) is 0 Å². The lowest BCUT2D eigenvalue weighted by molar-refractivity contribution is 1.27. The Bertz CT molecular complexity index is 133. The molecule has 0 spiro atoms. The molecule has 7 heavy (non-hydrogen) atoms. The van der Waals surface area contributed by atoms with E-state index in [-0.39, 0.29) is 0 Å². The molecule has 1 N–H and O–H groups in total. The van der Waals surface area contributed by atoms with Gasteiger partial charge in [-0.25, -0.2) is 0 Å². The lowest BCUT2D eigenvalue weighted by Gasteiger charge is -1.92. The topological polar surface area (TPSA) is 36.2 Å². The van der Waals surface area contributed by atoms with E-state index < -0.39 is 0 Å². The Kier molecular flexibility index (Phi) is 1.02. The number of rotatable bonds is 0. The van der Waals surface area contributed by atoms with E-state index in [1.165, 1.54) is 0 Å². The molecule has 1 aliphatic heterocycles. The summed E-state index contributed by atoms with van der Waals surface area (Å²) in [6.45, 7) is 0.552. The van der Waals surface area contributed by atoms with Crippen LogP contribution in [0.3, 0.4) is 0 Å². The largest absolute Gasteiger partial charge is 0.303 e. The third-order valence-corrected chi connectivity index (χ3v) is 0.751. The van der Waals surface area contributed by atoms with Gasteiger partial charge in [0.15, 0.2) is 0 Å². The van der Waals surface area contributed by atoms with Crippen molar-refractivity contribution < 1.29 is 0 Å². The first-order valence-electron chi connectivity index (χ1n) is 2.13. The molecule has 1 heterocycles. The molecule has 0 unspecified atom stereocenters. The standard InChI is InChI=1S/C5H6N2/c6-5-2-1-3-7-4-5/h1-3,6H,4H2. The number of hydrogen-bond donors (Lipinski definition) is 1. The van der Waals surface area contributed by atoms with Gasteiger partial charge in [0, 0.05) is 6.21 Å². The first-order valence-corrected chi connectivity index (χ1v) is 2.13. The summed E-state index contributed by atoms with van der Waals surface area (Å²) >= 11 is 0. The highest BCUT2D eigenvalue weighted by molar-refractivity contribution is 6.00. The average molecular weight is 94.1 g/mol. The molecule has 1 rings (SSSR count). The van der Waals surface area contributed by atoms with E-state index in [4.69, 9.17) is 5.41 Å². The third-order valence-electron chi connectivity index (χ3n) is 0.751. The molecule has 0 saturated heterocycles. The zero-order chi connectivity index (χ0) is 5.11. The molecule has 0 amide bonds. The predicted molar refractivity (Wildman–Crippen MR) is 30.2 cm³/mol. The van der Waals surface area contributed by atoms with Crippen LogP contribution >= 0.6 is 0 Å². The van der Waals surface area contributed by atoms with Crippen molar-refractivity contribution in [3.63, 3.8) is 0 Å². The van der Waals surface area contributed by atoms with Crippen LogP contribution in [0.4, 0.5) is 0 Å². The van der Waals surface area contributed by atoms with Gasteiger partial charge in [-0.3, -0.25) is 4.99 Å². The molecular weight excluding hydrogens is 88.1 g/mol. The van der Waals surface area contributed by atoms with Crippen molar-refractivity contribution in [2.24, 2.45) is 4.99 Å². The smallest absolute Gasteiger partial charge is 0.0804 e. The van der Waals surface area contributed by atoms with Gasteiger partial charge in [-0.15, -0.1) is 0 Å². The summed E-state index contributed by atoms with van der Waals surface area (Å²) in [5.41, 5.74) is 0.586. The first-order chi connectivity index (χ1) is 3.39. The minimum Gasteiger partial charge on any atom is -0.303 e. The second-order valence-electron chi connectivity index (χ2n) is 1.37. The number of nitrogens with one attached hydrogen (secondary N) is 1. The van der Waals surface area contributed by atoms with E-state index in [0.29, 0.717) is 12.3 Å². The summed E-state index contributed by atoms with van der Waals surface area (Å²) in [5, 5.41) is 6.99. The Morgan fingerprint density at radius 2 is 2.57 bits per heavy atom. The minimum atomic E-state index is 0.552. The lowest BCUT2D eigenvalue weighted by atomic mass is 10.3. The van der Waals surface area contributed by atoms with Gasteiger partial charge in [0.2, 0.25) is 0 Å². The summed E-state index contributed by atoms with van der Waals surface area (Å²) in [6, 6.07) is 0. The second-order valence-corrected chi connectivity index (χ2v) is 1.37. The Hall–Kier alpha value is -0.920. The highest BCUT2D eigenvalue weighted by Crippen LogP contribution is 1.83. The van der Waals surface area contributed by atoms with Gasteiger partial charge in [-0.1, -0.05) is 0 Å². The summed E-state index contributed by atoms with van der Waals surface area (Å²) in [7, 11) is 0. The fraction of sp³-hybridized carbons (Fsp3) is 0.200. The first kappa shape index (κ1) is 4.24. The fourth-order valence-corrected chi connectivity index (χ4v) is 0.424. The molecule has 0 aromatic rings. The molecule has 36 valence electrons. The SMILES string of the molecule is N=C1C=CC=NC1. The van der Waals surface area contributed by atoms with Gasteiger partial charge in [0.05, 0.1) is 12.3 Å². The fourth-order valence-electron chi connectivity index (χ4n) is 0.424. The maximum Gasteiger partial charge on any atom is 0.0804 e. The van der Waals surface area contributed by atoms with Crippen molar-refractivity contribution in [2.45, 2.75) is 0 Å². The van der Waals surface area contributed by atoms with Gasteiger partial charge in [-0.2, -0.15) is 0 Å². The molecule has 2 heteroatoms. The number of nitrogens with zero attached hydrogens (tertiary/aromatic N) is 1. The van der Waals surface area contributed by atoms with E-state index in [1.807, 2.05) is 0 Å². The van der Waals surface area contributed by atoms with E-state index in [1.54, 1.807) is 18.4 Å². The van der Waals surface area contributed by atoms with E-state index in [0.717, 1.165) is 0 Å². The molecule has 0 aromatic heterocycles. The van der Waals surface area contributed by atoms with E-state index in [2.05, 4.69) is 4.99 Å². The Morgan fingerprint density at radius 3 is 2.86 bits per heavy atom. The van der Waals surface area contributed by atoms with Gasteiger partial charge in [0.1, 0.15) is 0 Å². The molecule has 0 saturated carbocycles. The normalized spacial score (nSPS) is 18.0. The van der Waals surface area contributed by atoms with Crippen LogP contribution in [0.15, 0.2) is 17.1 Å². The van der Waals surface area contributed by atoms with Crippen molar-refractivity contribution in [3.05, 3.63) is 12.2 Å². The quantitative estimate of drug-likeness (QED) is 0.457. The predicted octanol–water partition coefficient (Wildman–Crippen LogP) is 0.647. The van der Waals surface area contributed by atoms with Crippen LogP contribution in [0, 0.1) is 5.41 Å². The van der Waals surface area contributed by atoms with Crippen molar-refractivity contribution >= 4 is 11.9 Å². The third kappa shape index (κ3) is 0.961. The maximum atomic E-state index is 6.99. The number of dihydropyridines is 1. The van der Waals surface area contributed by atoms with Crippen molar-refractivity contribution in [1.82, 2.24) is 0 Å². The average Bonchev–Trinajstić information content (AvgIpc) is 1.69. The van der Waals surface area contributed by atoms with Crippen LogP contribution < -0.4 is 0 Å². The zero-order valence-electron chi connectivity index (χ0n) is 3.89. The summed E-state index contributed by atoms with van der Waals surface area (Å²) in [5.74, 6) is 0. The summed E-state index contributed by atoms with van der Waals surface area (Å²) in [6.07, 6.45) is 5.22. The summed E-state index contributed by atoms with van der Waals surface area (Å²) < 4.78 is 0. The highest BCUT2D eigenvalue weighted by Gasteiger charge is 1.88. The number of aliphatic imine (C=N–C) groups is 1. The van der Waals surface area contributed by atoms with Crippen LogP contribution in [0.1, 0.15) is 0 Å². The van der Waals surface area contributed by atoms with Crippen LogP contribution in [0.2, 0.25) is 0 Å². The maximum absolute atomic E-state index is 6.99. The molecule has 0 bridgehead atoms. The highest BCUT2D eigenvalue weighted by atomic mass is 14.7. The molecule has 1 aliphatic rings. The molecule has 0 radical (unpaired) electrons. The Labute approximate surface area is 42.1 Å². The van der Waals surface area contributed by atoms with Crippen molar-refractivity contribution in [2.75, 3.05) is 6.54 Å². The van der Waals surface area contributed by atoms with Crippen LogP contribution in [-0.2, 0) is 0 Å². The van der Waals surface area contributed by atoms with Crippen LogP contribution in [-0.4, -0.2) is 18.5 Å². The van der Waals surface area contributed by atoms with Crippen molar-refractivity contribution in [1.29, 1.82) is 5.41 Å².